The lowest BCUT2D eigenvalue weighted by molar-refractivity contribution is 0.337. The molecule has 4 heteroatoms. The van der Waals surface area contributed by atoms with Crippen LogP contribution in [0.3, 0.4) is 0 Å². The van der Waals surface area contributed by atoms with Gasteiger partial charge in [0.15, 0.2) is 11.5 Å². The van der Waals surface area contributed by atoms with Crippen LogP contribution in [0.4, 0.5) is 0 Å². The minimum atomic E-state index is 0. The Balaban J connectivity index is 0.00000120. The van der Waals surface area contributed by atoms with Crippen LogP contribution < -0.4 is 0 Å². The molecule has 0 aromatic heterocycles. The summed E-state index contributed by atoms with van der Waals surface area (Å²) in [6.45, 7) is 5.58. The van der Waals surface area contributed by atoms with E-state index in [1.165, 1.54) is 12.1 Å². The summed E-state index contributed by atoms with van der Waals surface area (Å²) in [5.41, 5.74) is 2.23. The zero-order valence-electron chi connectivity index (χ0n) is 10.6. The highest BCUT2D eigenvalue weighted by Crippen LogP contribution is 2.46. The molecule has 1 fully saturated rings. The molecular formula is C14H20BrNO2. The summed E-state index contributed by atoms with van der Waals surface area (Å²) in [5.74, 6) is 1.40. The number of hydrogen-bond acceptors (Lipinski definition) is 3. The Kier molecular flexibility index (Phi) is 3.87. The molecule has 2 atom stereocenters. The molecule has 0 spiro atoms. The van der Waals surface area contributed by atoms with Crippen molar-refractivity contribution in [2.45, 2.75) is 25.7 Å². The van der Waals surface area contributed by atoms with Gasteiger partial charge in [-0.15, -0.1) is 17.0 Å². The maximum absolute atomic E-state index is 9.92. The Morgan fingerprint density at radius 2 is 2.06 bits per heavy atom. The van der Waals surface area contributed by atoms with Gasteiger partial charge in [-0.25, -0.2) is 0 Å². The van der Waals surface area contributed by atoms with Crippen LogP contribution in [0, 0.1) is 5.92 Å². The van der Waals surface area contributed by atoms with Gasteiger partial charge in [-0.2, -0.15) is 0 Å². The number of nitrogens with zero attached hydrogens (tertiary/aromatic N) is 1. The predicted octanol–water partition coefficient (Wildman–Crippen LogP) is 2.66. The van der Waals surface area contributed by atoms with Crippen LogP contribution in [-0.2, 0) is 6.42 Å². The number of rotatable bonds is 1. The van der Waals surface area contributed by atoms with Crippen molar-refractivity contribution in [2.24, 2.45) is 5.92 Å². The molecule has 2 N–H and O–H groups in total. The number of aromatic hydroxyl groups is 2. The molecule has 0 saturated carbocycles. The first-order valence-electron chi connectivity index (χ1n) is 6.46. The summed E-state index contributed by atoms with van der Waals surface area (Å²) in [5, 5.41) is 19.5. The zero-order valence-corrected chi connectivity index (χ0v) is 12.3. The van der Waals surface area contributed by atoms with E-state index in [2.05, 4.69) is 11.8 Å². The van der Waals surface area contributed by atoms with Crippen LogP contribution in [0.2, 0.25) is 0 Å². The number of phenolic OH excluding ortho intramolecular Hbond substituents is 2. The topological polar surface area (TPSA) is 43.7 Å². The van der Waals surface area contributed by atoms with Gasteiger partial charge in [-0.3, -0.25) is 0 Å². The van der Waals surface area contributed by atoms with Gasteiger partial charge < -0.3 is 15.1 Å². The molecular weight excluding hydrogens is 294 g/mol. The Morgan fingerprint density at radius 3 is 2.78 bits per heavy atom. The molecule has 0 amide bonds. The fourth-order valence-corrected chi connectivity index (χ4v) is 3.44. The predicted molar refractivity (Wildman–Crippen MR) is 76.8 cm³/mol. The molecule has 0 unspecified atom stereocenters. The van der Waals surface area contributed by atoms with E-state index >= 15 is 0 Å². The lowest BCUT2D eigenvalue weighted by Crippen LogP contribution is -2.19. The van der Waals surface area contributed by atoms with Crippen LogP contribution in [0.25, 0.3) is 0 Å². The molecule has 18 heavy (non-hydrogen) atoms. The Labute approximate surface area is 118 Å². The molecule has 0 radical (unpaired) electrons. The number of likely N-dealkylation sites (N-methyl/N-ethyl adjacent to an activating group) is 1. The summed E-state index contributed by atoms with van der Waals surface area (Å²) in [7, 11) is 0. The quantitative estimate of drug-likeness (QED) is 0.783. The molecule has 0 bridgehead atoms. The highest BCUT2D eigenvalue weighted by atomic mass is 79.9. The van der Waals surface area contributed by atoms with Crippen LogP contribution in [0.5, 0.6) is 11.5 Å². The minimum absolute atomic E-state index is 0. The van der Waals surface area contributed by atoms with Crippen molar-refractivity contribution in [3.8, 4) is 11.5 Å². The van der Waals surface area contributed by atoms with E-state index in [0.717, 1.165) is 37.4 Å². The third-order valence-corrected chi connectivity index (χ3v) is 4.43. The van der Waals surface area contributed by atoms with E-state index in [1.54, 1.807) is 6.07 Å². The van der Waals surface area contributed by atoms with Gasteiger partial charge in [0.1, 0.15) is 0 Å². The number of benzene rings is 1. The molecule has 100 valence electrons. The molecule has 2 aliphatic rings. The van der Waals surface area contributed by atoms with Gasteiger partial charge in [0.25, 0.3) is 0 Å². The average molecular weight is 314 g/mol. The van der Waals surface area contributed by atoms with Gasteiger partial charge in [0, 0.05) is 24.6 Å². The van der Waals surface area contributed by atoms with Gasteiger partial charge in [-0.05, 0) is 36.9 Å². The van der Waals surface area contributed by atoms with Crippen molar-refractivity contribution in [1.29, 1.82) is 0 Å². The van der Waals surface area contributed by atoms with Crippen molar-refractivity contribution in [2.75, 3.05) is 19.6 Å². The van der Waals surface area contributed by atoms with Crippen molar-refractivity contribution >= 4 is 17.0 Å². The van der Waals surface area contributed by atoms with E-state index in [4.69, 9.17) is 0 Å². The number of phenols is 2. The van der Waals surface area contributed by atoms with E-state index in [1.807, 2.05) is 6.07 Å². The van der Waals surface area contributed by atoms with E-state index < -0.39 is 0 Å². The maximum Gasteiger partial charge on any atom is 0.160 e. The molecule has 1 aliphatic heterocycles. The molecule has 3 rings (SSSR count). The van der Waals surface area contributed by atoms with Gasteiger partial charge >= 0.3 is 0 Å². The van der Waals surface area contributed by atoms with Gasteiger partial charge in [0.2, 0.25) is 0 Å². The van der Waals surface area contributed by atoms with Gasteiger partial charge in [-0.1, -0.05) is 13.0 Å². The molecule has 1 aromatic rings. The second kappa shape index (κ2) is 5.10. The number of likely N-dealkylation sites (tertiary alicyclic amines) is 1. The molecule has 1 heterocycles. The molecule has 1 aliphatic carbocycles. The number of fused-ring (bicyclic) bond motifs is 3. The molecule has 1 aromatic carbocycles. The lowest BCUT2D eigenvalue weighted by atomic mass is 9.77. The van der Waals surface area contributed by atoms with Crippen molar-refractivity contribution < 1.29 is 10.2 Å². The van der Waals surface area contributed by atoms with Gasteiger partial charge in [0.05, 0.1) is 0 Å². The number of hydrogen-bond donors (Lipinski definition) is 2. The van der Waals surface area contributed by atoms with E-state index in [0.29, 0.717) is 5.92 Å². The van der Waals surface area contributed by atoms with Crippen LogP contribution >= 0.6 is 17.0 Å². The van der Waals surface area contributed by atoms with Crippen molar-refractivity contribution in [3.63, 3.8) is 0 Å². The first-order chi connectivity index (χ1) is 8.20. The summed E-state index contributed by atoms with van der Waals surface area (Å²) in [6.07, 6.45) is 2.03. The fraction of sp³-hybridized carbons (Fsp3) is 0.571. The summed E-state index contributed by atoms with van der Waals surface area (Å²) >= 11 is 0. The average Bonchev–Trinajstić information content (AvgIpc) is 2.76. The second-order valence-corrected chi connectivity index (χ2v) is 5.26. The van der Waals surface area contributed by atoms with Crippen molar-refractivity contribution in [1.82, 2.24) is 4.90 Å². The van der Waals surface area contributed by atoms with Crippen LogP contribution in [-0.4, -0.2) is 34.7 Å². The third-order valence-electron chi connectivity index (χ3n) is 4.43. The fourth-order valence-electron chi connectivity index (χ4n) is 3.44. The first kappa shape index (κ1) is 13.7. The zero-order chi connectivity index (χ0) is 12.0. The normalized spacial score (nSPS) is 26.3. The maximum atomic E-state index is 9.92. The van der Waals surface area contributed by atoms with Crippen LogP contribution in [0.1, 0.15) is 30.4 Å². The molecule has 3 nitrogen and oxygen atoms in total. The van der Waals surface area contributed by atoms with Crippen LogP contribution in [0.15, 0.2) is 12.1 Å². The second-order valence-electron chi connectivity index (χ2n) is 5.26. The summed E-state index contributed by atoms with van der Waals surface area (Å²) in [4.78, 5) is 2.48. The smallest absolute Gasteiger partial charge is 0.160 e. The minimum Gasteiger partial charge on any atom is -0.504 e. The Morgan fingerprint density at radius 1 is 1.28 bits per heavy atom. The van der Waals surface area contributed by atoms with E-state index in [-0.39, 0.29) is 28.5 Å². The Bertz CT molecular complexity index is 450. The van der Waals surface area contributed by atoms with Crippen molar-refractivity contribution in [3.05, 3.63) is 23.3 Å². The molecule has 1 saturated heterocycles. The monoisotopic (exact) mass is 313 g/mol. The van der Waals surface area contributed by atoms with E-state index in [9.17, 15) is 10.2 Å². The largest absolute Gasteiger partial charge is 0.504 e. The number of halogens is 1. The summed E-state index contributed by atoms with van der Waals surface area (Å²) in [6, 6.07) is 3.63. The Hall–Kier alpha value is -0.740. The highest BCUT2D eigenvalue weighted by Gasteiger charge is 2.37. The lowest BCUT2D eigenvalue weighted by Gasteiger charge is -2.28. The summed E-state index contributed by atoms with van der Waals surface area (Å²) < 4.78 is 0. The first-order valence-corrected chi connectivity index (χ1v) is 6.46. The standard InChI is InChI=1S/C14H19NO2.BrH/c1-2-15-7-9-3-4-11-10(12(9)8-15)5-6-13(16)14(11)17;/h5-6,9,12,16-17H,2-4,7-8H2,1H3;1H/t9-,12-;/m0./s1. The third kappa shape index (κ3) is 2.01. The highest BCUT2D eigenvalue weighted by molar-refractivity contribution is 8.93. The SMILES string of the molecule is Br.CCN1C[C@@H]2CCc3c(ccc(O)c3O)[C@H]2C1.